The van der Waals surface area contributed by atoms with Crippen LogP contribution in [-0.2, 0) is 5.41 Å². The van der Waals surface area contributed by atoms with Gasteiger partial charge in [-0.05, 0) is 61.0 Å². The first-order valence-electron chi connectivity index (χ1n) is 17.7. The van der Waals surface area contributed by atoms with Gasteiger partial charge in [-0.25, -0.2) is 0 Å². The summed E-state index contributed by atoms with van der Waals surface area (Å²) >= 11 is 0. The molecular formula is C46H46. The van der Waals surface area contributed by atoms with Gasteiger partial charge in [0.2, 0.25) is 0 Å². The molecule has 7 aromatic carbocycles. The van der Waals surface area contributed by atoms with Crippen LogP contribution in [0.15, 0.2) is 146 Å². The van der Waals surface area contributed by atoms with E-state index in [-0.39, 0.29) is 11.3 Å². The van der Waals surface area contributed by atoms with Gasteiger partial charge < -0.3 is 0 Å². The van der Waals surface area contributed by atoms with Crippen LogP contribution >= 0.6 is 0 Å². The average Bonchev–Trinajstić information content (AvgIpc) is 3.12. The zero-order valence-electron chi connectivity index (χ0n) is 27.3. The van der Waals surface area contributed by atoms with E-state index in [0.717, 1.165) is 6.42 Å². The first-order chi connectivity index (χ1) is 22.8. The Balaban J connectivity index is 1.46. The van der Waals surface area contributed by atoms with E-state index in [1.807, 2.05) is 0 Å². The molecule has 0 bridgehead atoms. The topological polar surface area (TPSA) is 0 Å². The summed E-state index contributed by atoms with van der Waals surface area (Å²) in [5, 5.41) is 8.09. The van der Waals surface area contributed by atoms with Gasteiger partial charge >= 0.3 is 0 Å². The minimum Gasteiger partial charge on any atom is -0.0654 e. The van der Waals surface area contributed by atoms with E-state index in [4.69, 9.17) is 0 Å². The van der Waals surface area contributed by atoms with Crippen LogP contribution in [-0.4, -0.2) is 0 Å². The molecule has 230 valence electrons. The van der Waals surface area contributed by atoms with Crippen molar-refractivity contribution < 1.29 is 0 Å². The van der Waals surface area contributed by atoms with Gasteiger partial charge in [0, 0.05) is 5.92 Å². The normalized spacial score (nSPS) is 12.7. The Morgan fingerprint density at radius 2 is 0.935 bits per heavy atom. The Bertz CT molecular complexity index is 1910. The summed E-state index contributed by atoms with van der Waals surface area (Å²) < 4.78 is 0. The van der Waals surface area contributed by atoms with Crippen LogP contribution in [0.3, 0.4) is 0 Å². The van der Waals surface area contributed by atoms with Gasteiger partial charge in [-0.2, -0.15) is 0 Å². The molecule has 7 aromatic rings. The predicted octanol–water partition coefficient (Wildman–Crippen LogP) is 13.2. The van der Waals surface area contributed by atoms with Gasteiger partial charge in [0.1, 0.15) is 0 Å². The quantitative estimate of drug-likeness (QED) is 0.0663. The van der Waals surface area contributed by atoms with Crippen LogP contribution in [0, 0.1) is 0 Å². The highest BCUT2D eigenvalue weighted by molar-refractivity contribution is 6.23. The summed E-state index contributed by atoms with van der Waals surface area (Å²) in [6, 6.07) is 55.2. The molecule has 0 aliphatic heterocycles. The second-order valence-electron chi connectivity index (χ2n) is 13.2. The van der Waals surface area contributed by atoms with Crippen LogP contribution in [0.2, 0.25) is 0 Å². The fourth-order valence-corrected chi connectivity index (χ4v) is 8.35. The second kappa shape index (κ2) is 13.9. The Morgan fingerprint density at radius 3 is 1.54 bits per heavy atom. The Kier molecular flexibility index (Phi) is 9.15. The minimum absolute atomic E-state index is 0.261. The summed E-state index contributed by atoms with van der Waals surface area (Å²) in [7, 11) is 0. The van der Waals surface area contributed by atoms with Crippen LogP contribution in [0.1, 0.15) is 92.9 Å². The number of unbranched alkanes of at least 4 members (excludes halogenated alkanes) is 7. The summed E-state index contributed by atoms with van der Waals surface area (Å²) in [6.07, 6.45) is 11.7. The van der Waals surface area contributed by atoms with E-state index in [1.54, 1.807) is 0 Å². The molecule has 0 nitrogen and oxygen atoms in total. The molecule has 0 amide bonds. The van der Waals surface area contributed by atoms with E-state index in [9.17, 15) is 0 Å². The molecule has 0 radical (unpaired) electrons. The van der Waals surface area contributed by atoms with Crippen molar-refractivity contribution >= 4 is 32.3 Å². The van der Waals surface area contributed by atoms with Gasteiger partial charge in [-0.15, -0.1) is 0 Å². The Labute approximate surface area is 275 Å². The molecule has 0 heterocycles. The summed E-state index contributed by atoms with van der Waals surface area (Å²) in [4.78, 5) is 0. The zero-order chi connectivity index (χ0) is 31.2. The molecular weight excluding hydrogens is 553 g/mol. The molecule has 0 N–H and O–H groups in total. The van der Waals surface area contributed by atoms with E-state index in [2.05, 4.69) is 153 Å². The van der Waals surface area contributed by atoms with Crippen molar-refractivity contribution in [3.63, 3.8) is 0 Å². The smallest absolute Gasteiger partial charge is 0.0525 e. The molecule has 0 heteroatoms. The van der Waals surface area contributed by atoms with E-state index in [0.29, 0.717) is 0 Å². The van der Waals surface area contributed by atoms with Crippen molar-refractivity contribution in [3.05, 3.63) is 168 Å². The molecule has 0 saturated heterocycles. The molecule has 1 atom stereocenters. The largest absolute Gasteiger partial charge is 0.0654 e. The van der Waals surface area contributed by atoms with Crippen molar-refractivity contribution in [2.75, 3.05) is 0 Å². The lowest BCUT2D eigenvalue weighted by molar-refractivity contribution is 0.429. The average molecular weight is 599 g/mol. The van der Waals surface area contributed by atoms with E-state index >= 15 is 0 Å². The van der Waals surface area contributed by atoms with Crippen LogP contribution in [0.5, 0.6) is 0 Å². The van der Waals surface area contributed by atoms with Crippen molar-refractivity contribution in [2.24, 2.45) is 0 Å². The number of hydrogen-bond acceptors (Lipinski definition) is 0. The van der Waals surface area contributed by atoms with Gasteiger partial charge in [-0.1, -0.05) is 204 Å². The maximum atomic E-state index is 2.46. The monoisotopic (exact) mass is 598 g/mol. The molecule has 0 spiro atoms. The number of benzene rings is 7. The lowest BCUT2D eigenvalue weighted by atomic mass is 9.58. The van der Waals surface area contributed by atoms with E-state index in [1.165, 1.54) is 106 Å². The van der Waals surface area contributed by atoms with Crippen molar-refractivity contribution in [1.29, 1.82) is 0 Å². The lowest BCUT2D eigenvalue weighted by Gasteiger charge is -2.44. The molecule has 0 aromatic heterocycles. The molecule has 46 heavy (non-hydrogen) atoms. The third kappa shape index (κ3) is 5.60. The number of rotatable bonds is 14. The summed E-state index contributed by atoms with van der Waals surface area (Å²) in [6.45, 7) is 2.30. The summed E-state index contributed by atoms with van der Waals surface area (Å²) in [5.74, 6) is 0.261. The van der Waals surface area contributed by atoms with Crippen molar-refractivity contribution in [1.82, 2.24) is 0 Å². The van der Waals surface area contributed by atoms with Gasteiger partial charge in [0.05, 0.1) is 5.41 Å². The van der Waals surface area contributed by atoms with E-state index < -0.39 is 0 Å². The Morgan fingerprint density at radius 1 is 0.435 bits per heavy atom. The Hall–Kier alpha value is -4.42. The highest BCUT2D eigenvalue weighted by Crippen LogP contribution is 2.54. The zero-order valence-corrected chi connectivity index (χ0v) is 27.3. The fourth-order valence-electron chi connectivity index (χ4n) is 8.35. The molecule has 7 rings (SSSR count). The standard InChI is InChI=1S/C46H46/c1-2-3-4-5-6-7-8-18-28-42(35-20-12-9-13-21-35)46(39-24-14-10-15-25-39,40-26-16-11-17-27-40)43-34-32-38-30-29-36-22-19-23-37-31-33-41(43)45(38)44(36)37/h9-17,19-27,29-34,42H,2-8,18,28H2,1H3. The molecule has 1 unspecified atom stereocenters. The second-order valence-corrected chi connectivity index (χ2v) is 13.2. The minimum atomic E-state index is -0.382. The maximum absolute atomic E-state index is 2.46. The SMILES string of the molecule is CCCCCCCCCCC(c1ccccc1)C(c1ccccc1)(c1ccccc1)c1ccc2ccc3cccc4ccc1c2c34. The van der Waals surface area contributed by atoms with Crippen molar-refractivity contribution in [2.45, 2.75) is 76.0 Å². The van der Waals surface area contributed by atoms with Crippen LogP contribution in [0.4, 0.5) is 0 Å². The molecule has 0 fully saturated rings. The summed E-state index contributed by atoms with van der Waals surface area (Å²) in [5.41, 5.74) is 5.18. The molecule has 0 aliphatic carbocycles. The highest BCUT2D eigenvalue weighted by Gasteiger charge is 2.45. The molecule has 0 saturated carbocycles. The first-order valence-corrected chi connectivity index (χ1v) is 17.7. The van der Waals surface area contributed by atoms with Crippen LogP contribution in [0.25, 0.3) is 32.3 Å². The molecule has 0 aliphatic rings. The highest BCUT2D eigenvalue weighted by atomic mass is 14.5. The fraction of sp³-hybridized carbons (Fsp3) is 0.261. The first kappa shape index (κ1) is 30.2. The van der Waals surface area contributed by atoms with Gasteiger partial charge in [-0.3, -0.25) is 0 Å². The lowest BCUT2D eigenvalue weighted by Crippen LogP contribution is -2.37. The number of hydrogen-bond donors (Lipinski definition) is 0. The predicted molar refractivity (Wildman–Crippen MR) is 199 cm³/mol. The van der Waals surface area contributed by atoms with Gasteiger partial charge in [0.25, 0.3) is 0 Å². The third-order valence-electron chi connectivity index (χ3n) is 10.5. The van der Waals surface area contributed by atoms with Crippen molar-refractivity contribution in [3.8, 4) is 0 Å². The van der Waals surface area contributed by atoms with Gasteiger partial charge in [0.15, 0.2) is 0 Å². The van der Waals surface area contributed by atoms with Crippen LogP contribution < -0.4 is 0 Å². The third-order valence-corrected chi connectivity index (χ3v) is 10.5. The maximum Gasteiger partial charge on any atom is 0.0525 e.